The molecule has 0 radical (unpaired) electrons. The summed E-state index contributed by atoms with van der Waals surface area (Å²) in [5, 5.41) is 10.8. The number of H-pyrrole nitrogens is 1. The van der Waals surface area contributed by atoms with E-state index >= 15 is 0 Å². The summed E-state index contributed by atoms with van der Waals surface area (Å²) in [6.07, 6.45) is 2.86. The van der Waals surface area contributed by atoms with Crippen LogP contribution in [0.3, 0.4) is 0 Å². The summed E-state index contributed by atoms with van der Waals surface area (Å²) in [6.45, 7) is 0. The maximum atomic E-state index is 10.8. The Balaban J connectivity index is 2.20. The molecule has 0 amide bonds. The molecule has 3 heterocycles. The van der Waals surface area contributed by atoms with Crippen molar-refractivity contribution in [2.45, 2.75) is 0 Å². The number of rotatable bonds is 2. The van der Waals surface area contributed by atoms with E-state index in [2.05, 4.69) is 15.0 Å². The van der Waals surface area contributed by atoms with Gasteiger partial charge in [-0.25, -0.2) is 9.97 Å². The number of nitrogens with zero attached hydrogens (tertiary/aromatic N) is 3. The van der Waals surface area contributed by atoms with E-state index in [0.717, 1.165) is 0 Å². The van der Waals surface area contributed by atoms with E-state index in [-0.39, 0.29) is 11.4 Å². The Bertz CT molecular complexity index is 667. The number of hydrogen-bond donors (Lipinski definition) is 1. The molecule has 0 unspecified atom stereocenters. The highest BCUT2D eigenvalue weighted by molar-refractivity contribution is 5.76. The Hall–Kier alpha value is -2.70. The third-order valence-corrected chi connectivity index (χ3v) is 2.31. The van der Waals surface area contributed by atoms with Crippen molar-refractivity contribution in [1.82, 2.24) is 15.0 Å². The Morgan fingerprint density at radius 3 is 3.06 bits per heavy atom. The van der Waals surface area contributed by atoms with Crippen LogP contribution < -0.4 is 0 Å². The molecule has 0 saturated heterocycles. The maximum absolute atomic E-state index is 10.8. The van der Waals surface area contributed by atoms with Gasteiger partial charge in [0.1, 0.15) is 0 Å². The lowest BCUT2D eigenvalue weighted by Crippen LogP contribution is -1.88. The normalized spacial score (nSPS) is 10.8. The second-order valence-electron chi connectivity index (χ2n) is 3.35. The Kier molecular flexibility index (Phi) is 1.91. The fourth-order valence-electron chi connectivity index (χ4n) is 1.58. The van der Waals surface area contributed by atoms with Gasteiger partial charge in [-0.2, -0.15) is 0 Å². The lowest BCUT2D eigenvalue weighted by molar-refractivity contribution is -0.384. The van der Waals surface area contributed by atoms with Crippen molar-refractivity contribution in [3.8, 4) is 11.6 Å². The van der Waals surface area contributed by atoms with Gasteiger partial charge in [-0.3, -0.25) is 10.1 Å². The van der Waals surface area contributed by atoms with E-state index in [0.29, 0.717) is 17.0 Å². The predicted molar refractivity (Wildman–Crippen MR) is 58.2 cm³/mol. The molecule has 0 aliphatic rings. The van der Waals surface area contributed by atoms with Gasteiger partial charge in [0, 0.05) is 6.20 Å². The number of aromatic nitrogens is 3. The van der Waals surface area contributed by atoms with E-state index in [1.807, 2.05) is 0 Å². The summed E-state index contributed by atoms with van der Waals surface area (Å²) in [4.78, 5) is 21.3. The van der Waals surface area contributed by atoms with Gasteiger partial charge in [0.05, 0.1) is 22.8 Å². The average molecular weight is 230 g/mol. The zero-order valence-corrected chi connectivity index (χ0v) is 8.45. The summed E-state index contributed by atoms with van der Waals surface area (Å²) < 4.78 is 5.08. The SMILES string of the molecule is O=[N+]([O-])c1ccoc1-c1nc2ncccc2[nH]1. The summed E-state index contributed by atoms with van der Waals surface area (Å²) >= 11 is 0. The molecule has 7 nitrogen and oxygen atoms in total. The van der Waals surface area contributed by atoms with Crippen LogP contribution in [0.5, 0.6) is 0 Å². The molecule has 0 saturated carbocycles. The third kappa shape index (κ3) is 1.44. The van der Waals surface area contributed by atoms with Crippen molar-refractivity contribution in [3.05, 3.63) is 40.8 Å². The number of nitro groups is 1. The van der Waals surface area contributed by atoms with Crippen LogP contribution in [0.2, 0.25) is 0 Å². The highest BCUT2D eigenvalue weighted by Crippen LogP contribution is 2.29. The van der Waals surface area contributed by atoms with Gasteiger partial charge in [-0.05, 0) is 12.1 Å². The van der Waals surface area contributed by atoms with Crippen LogP contribution in [-0.2, 0) is 0 Å². The zero-order valence-electron chi connectivity index (χ0n) is 8.45. The van der Waals surface area contributed by atoms with Crippen molar-refractivity contribution in [1.29, 1.82) is 0 Å². The molecule has 0 aliphatic heterocycles. The van der Waals surface area contributed by atoms with Crippen molar-refractivity contribution >= 4 is 16.9 Å². The molecule has 0 fully saturated rings. The molecule has 84 valence electrons. The number of fused-ring (bicyclic) bond motifs is 1. The van der Waals surface area contributed by atoms with Crippen LogP contribution in [0.1, 0.15) is 0 Å². The lowest BCUT2D eigenvalue weighted by atomic mass is 10.4. The Labute approximate surface area is 94.3 Å². The lowest BCUT2D eigenvalue weighted by Gasteiger charge is -1.89. The van der Waals surface area contributed by atoms with Crippen LogP contribution in [0, 0.1) is 10.1 Å². The first-order chi connectivity index (χ1) is 8.25. The molecule has 0 spiro atoms. The molecular formula is C10H6N4O3. The summed E-state index contributed by atoms with van der Waals surface area (Å²) in [5.74, 6) is 0.406. The van der Waals surface area contributed by atoms with Gasteiger partial charge in [-0.1, -0.05) is 0 Å². The second kappa shape index (κ2) is 3.41. The van der Waals surface area contributed by atoms with Gasteiger partial charge in [-0.15, -0.1) is 0 Å². The highest BCUT2D eigenvalue weighted by atomic mass is 16.6. The van der Waals surface area contributed by atoms with Crippen LogP contribution in [-0.4, -0.2) is 19.9 Å². The monoisotopic (exact) mass is 230 g/mol. The van der Waals surface area contributed by atoms with Crippen LogP contribution in [0.4, 0.5) is 5.69 Å². The van der Waals surface area contributed by atoms with Gasteiger partial charge >= 0.3 is 5.69 Å². The summed E-state index contributed by atoms with van der Waals surface area (Å²) in [5.41, 5.74) is 1.07. The van der Waals surface area contributed by atoms with Crippen molar-refractivity contribution in [2.75, 3.05) is 0 Å². The van der Waals surface area contributed by atoms with Crippen molar-refractivity contribution < 1.29 is 9.34 Å². The fraction of sp³-hybridized carbons (Fsp3) is 0. The smallest absolute Gasteiger partial charge is 0.318 e. The topological polar surface area (TPSA) is 97.8 Å². The quantitative estimate of drug-likeness (QED) is 0.537. The highest BCUT2D eigenvalue weighted by Gasteiger charge is 2.21. The number of nitrogens with one attached hydrogen (secondary N) is 1. The first-order valence-electron chi connectivity index (χ1n) is 4.78. The molecule has 0 atom stereocenters. The minimum absolute atomic E-state index is 0.105. The Morgan fingerprint density at radius 1 is 1.41 bits per heavy atom. The zero-order chi connectivity index (χ0) is 11.8. The fourth-order valence-corrected chi connectivity index (χ4v) is 1.58. The standard InChI is InChI=1S/C10H6N4O3/c15-14(16)7-3-5-17-8(7)10-12-6-2-1-4-11-9(6)13-10/h1-5H,(H,11,12,13). The summed E-state index contributed by atoms with van der Waals surface area (Å²) in [7, 11) is 0. The van der Waals surface area contributed by atoms with E-state index in [4.69, 9.17) is 4.42 Å². The molecule has 3 rings (SSSR count). The van der Waals surface area contributed by atoms with Crippen molar-refractivity contribution in [2.24, 2.45) is 0 Å². The van der Waals surface area contributed by atoms with E-state index < -0.39 is 4.92 Å². The maximum Gasteiger partial charge on any atom is 0.318 e. The van der Waals surface area contributed by atoms with Gasteiger partial charge < -0.3 is 9.40 Å². The first kappa shape index (κ1) is 9.52. The molecule has 3 aromatic heterocycles. The van der Waals surface area contributed by atoms with Crippen LogP contribution >= 0.6 is 0 Å². The minimum Gasteiger partial charge on any atom is -0.454 e. The second-order valence-corrected chi connectivity index (χ2v) is 3.35. The van der Waals surface area contributed by atoms with E-state index in [1.54, 1.807) is 18.3 Å². The minimum atomic E-state index is -0.514. The molecule has 7 heteroatoms. The van der Waals surface area contributed by atoms with Gasteiger partial charge in [0.25, 0.3) is 0 Å². The largest absolute Gasteiger partial charge is 0.454 e. The number of furan rings is 1. The molecule has 1 N–H and O–H groups in total. The summed E-state index contributed by atoms with van der Waals surface area (Å²) in [6, 6.07) is 4.82. The van der Waals surface area contributed by atoms with Crippen LogP contribution in [0.15, 0.2) is 35.1 Å². The Morgan fingerprint density at radius 2 is 2.29 bits per heavy atom. The average Bonchev–Trinajstić information content (AvgIpc) is 2.95. The molecular weight excluding hydrogens is 224 g/mol. The van der Waals surface area contributed by atoms with E-state index in [9.17, 15) is 10.1 Å². The van der Waals surface area contributed by atoms with E-state index in [1.165, 1.54) is 12.3 Å². The first-order valence-corrected chi connectivity index (χ1v) is 4.78. The van der Waals surface area contributed by atoms with Gasteiger partial charge in [0.2, 0.25) is 5.76 Å². The molecule has 3 aromatic rings. The predicted octanol–water partition coefficient (Wildman–Crippen LogP) is 2.13. The number of imidazole rings is 1. The van der Waals surface area contributed by atoms with Gasteiger partial charge in [0.15, 0.2) is 11.5 Å². The molecule has 0 bridgehead atoms. The molecule has 0 aromatic carbocycles. The number of hydrogen-bond acceptors (Lipinski definition) is 5. The third-order valence-electron chi connectivity index (χ3n) is 2.31. The number of aromatic amines is 1. The van der Waals surface area contributed by atoms with Crippen molar-refractivity contribution in [3.63, 3.8) is 0 Å². The molecule has 17 heavy (non-hydrogen) atoms. The molecule has 0 aliphatic carbocycles. The van der Waals surface area contributed by atoms with Crippen LogP contribution in [0.25, 0.3) is 22.7 Å². The number of pyridine rings is 1.